The highest BCUT2D eigenvalue weighted by atomic mass is 16.5. The summed E-state index contributed by atoms with van der Waals surface area (Å²) in [6, 6.07) is 18.6. The number of benzene rings is 4. The van der Waals surface area contributed by atoms with E-state index < -0.39 is 16.2 Å². The van der Waals surface area contributed by atoms with E-state index in [1.165, 1.54) is 90.3 Å². The number of carbonyl (C=O) groups excluding carboxylic acids is 3. The van der Waals surface area contributed by atoms with E-state index in [4.69, 9.17) is 66.3 Å². The quantitative estimate of drug-likeness (QED) is 0.0314. The van der Waals surface area contributed by atoms with Crippen molar-refractivity contribution in [2.75, 3.05) is 168 Å². The number of hydrogen-bond acceptors (Lipinski definition) is 24. The van der Waals surface area contributed by atoms with Gasteiger partial charge in [-0.25, -0.2) is 4.79 Å². The summed E-state index contributed by atoms with van der Waals surface area (Å²) in [5.74, 6) is 0.0274. The number of amides is 4. The normalized spacial score (nSPS) is 11.6. The second-order valence-electron chi connectivity index (χ2n) is 24.1. The number of phenolic OH excluding ortho intramolecular Hbond substituents is 3. The van der Waals surface area contributed by atoms with Gasteiger partial charge in [-0.15, -0.1) is 0 Å². The molecule has 5 aromatic rings. The lowest BCUT2D eigenvalue weighted by Crippen LogP contribution is -2.46. The van der Waals surface area contributed by atoms with Crippen LogP contribution in [0.25, 0.3) is 0 Å². The number of urea groups is 1. The summed E-state index contributed by atoms with van der Waals surface area (Å²) >= 11 is 0. The fourth-order valence-corrected chi connectivity index (χ4v) is 10.3. The molecule has 0 unspecified atom stereocenters. The lowest BCUT2D eigenvalue weighted by atomic mass is 9.68. The molecular weight excluding hydrogens is 1260 g/mol. The first-order valence-electron chi connectivity index (χ1n) is 30.8. The fraction of sp³-hybridized carbons (Fsp3) is 0.565. The smallest absolute Gasteiger partial charge is 0.327 e. The molecule has 28 nitrogen and oxygen atoms in total. The molecule has 542 valence electrons. The Morgan fingerprint density at radius 2 is 0.526 bits per heavy atom. The minimum absolute atomic E-state index is 0.0175. The van der Waals surface area contributed by atoms with Crippen LogP contribution in [0.3, 0.4) is 0 Å². The lowest BCUT2D eigenvalue weighted by Gasteiger charge is -2.36. The van der Waals surface area contributed by atoms with Gasteiger partial charge in [0.2, 0.25) is 29.7 Å². The molecule has 4 aromatic carbocycles. The first kappa shape index (κ1) is 84.0. The first-order chi connectivity index (χ1) is 46.1. The Balaban J connectivity index is 0.000000469. The zero-order chi connectivity index (χ0) is 72.8. The zero-order valence-electron chi connectivity index (χ0n) is 61.0. The standard InChI is InChI=1S/C45H60O9.C15H26N6O6.C9H20N2O5/c1-43(2,34-13-28(22-49-7)40(46)29(14-34)23-50-8)37-19-38(44(3,4)35-15-30(24-51-9)41(47)31(16-35)25-52-10)21-39(20-37)45(5,6)36-17-32(26-53-11)42(48)33(18-36)27-54-12;1-11(22)20(9-26-5)14-16-13(19(7-24-3)8-25-4)17-15(18-14)21(10-27-6)12(2)23;1-13-5-10(6-14-2)9(12)11(7-15-3)8-16-4/h13-21,46-48H,22-27H2,1-12H3;7-10H2,1-6H3;5-8H2,1-4H3. The molecular formula is C69H106N8O20. The van der Waals surface area contributed by atoms with Gasteiger partial charge in [0.05, 0.1) is 39.6 Å². The maximum absolute atomic E-state index is 12.0. The van der Waals surface area contributed by atoms with Gasteiger partial charge in [-0.05, 0) is 69.8 Å². The van der Waals surface area contributed by atoms with Gasteiger partial charge in [-0.1, -0.05) is 59.7 Å². The third-order valence-electron chi connectivity index (χ3n) is 15.8. The average Bonchev–Trinajstić information content (AvgIpc) is 0.748. The van der Waals surface area contributed by atoms with Gasteiger partial charge in [-0.3, -0.25) is 34.1 Å². The number of rotatable bonds is 37. The molecule has 0 radical (unpaired) electrons. The second kappa shape index (κ2) is 41.2. The van der Waals surface area contributed by atoms with Crippen LogP contribution in [0.15, 0.2) is 54.6 Å². The second-order valence-corrected chi connectivity index (χ2v) is 24.1. The maximum atomic E-state index is 12.0. The topological polar surface area (TPSA) is 296 Å². The van der Waals surface area contributed by atoms with Gasteiger partial charge >= 0.3 is 6.03 Å². The molecule has 0 bridgehead atoms. The van der Waals surface area contributed by atoms with Crippen molar-refractivity contribution >= 4 is 35.7 Å². The number of ether oxygens (including phenoxy) is 14. The van der Waals surface area contributed by atoms with Gasteiger partial charge in [-0.2, -0.15) is 15.0 Å². The van der Waals surface area contributed by atoms with Crippen LogP contribution < -0.4 is 14.7 Å². The molecule has 0 aliphatic rings. The van der Waals surface area contributed by atoms with Gasteiger partial charge in [0.25, 0.3) is 0 Å². The predicted octanol–water partition coefficient (Wildman–Crippen LogP) is 8.58. The molecule has 4 amide bonds. The van der Waals surface area contributed by atoms with Crippen LogP contribution in [0, 0.1) is 0 Å². The highest BCUT2D eigenvalue weighted by Crippen LogP contribution is 2.45. The third-order valence-corrected chi connectivity index (χ3v) is 15.8. The van der Waals surface area contributed by atoms with Crippen LogP contribution in [0.5, 0.6) is 17.2 Å². The molecule has 0 atom stereocenters. The molecule has 0 spiro atoms. The molecule has 3 N–H and O–H groups in total. The van der Waals surface area contributed by atoms with Gasteiger partial charge in [0.15, 0.2) is 0 Å². The fourth-order valence-electron chi connectivity index (χ4n) is 10.3. The van der Waals surface area contributed by atoms with Crippen LogP contribution in [0.4, 0.5) is 22.6 Å². The molecule has 1 heterocycles. The van der Waals surface area contributed by atoms with Gasteiger partial charge in [0.1, 0.15) is 71.1 Å². The van der Waals surface area contributed by atoms with Crippen molar-refractivity contribution < 1.29 is 96.0 Å². The van der Waals surface area contributed by atoms with Crippen molar-refractivity contribution in [2.24, 2.45) is 0 Å². The van der Waals surface area contributed by atoms with Crippen LogP contribution in [-0.2, 0) is 132 Å². The van der Waals surface area contributed by atoms with Crippen molar-refractivity contribution in [3.8, 4) is 17.2 Å². The van der Waals surface area contributed by atoms with E-state index in [0.717, 1.165) is 33.4 Å². The number of hydrogen-bond donors (Lipinski definition) is 3. The van der Waals surface area contributed by atoms with E-state index >= 15 is 0 Å². The minimum Gasteiger partial charge on any atom is -0.507 e. The molecule has 0 fully saturated rings. The van der Waals surface area contributed by atoms with Crippen molar-refractivity contribution in [3.05, 3.63) is 121 Å². The summed E-state index contributed by atoms with van der Waals surface area (Å²) < 4.78 is 72.9. The van der Waals surface area contributed by atoms with Crippen molar-refractivity contribution in [2.45, 2.75) is 111 Å². The summed E-state index contributed by atoms with van der Waals surface area (Å²) in [7, 11) is 21.6. The molecule has 97 heavy (non-hydrogen) atoms. The molecule has 28 heteroatoms. The largest absolute Gasteiger partial charge is 0.507 e. The zero-order valence-corrected chi connectivity index (χ0v) is 61.0. The Morgan fingerprint density at radius 3 is 0.722 bits per heavy atom. The number of aromatic hydroxyl groups is 3. The Morgan fingerprint density at radius 1 is 0.320 bits per heavy atom. The van der Waals surface area contributed by atoms with Gasteiger partial charge in [0, 0.05) is 163 Å². The summed E-state index contributed by atoms with van der Waals surface area (Å²) in [5, 5.41) is 33.3. The van der Waals surface area contributed by atoms with E-state index in [9.17, 15) is 29.7 Å². The minimum atomic E-state index is -0.551. The monoisotopic (exact) mass is 1370 g/mol. The number of carbonyl (C=O) groups is 3. The maximum Gasteiger partial charge on any atom is 0.327 e. The number of aromatic nitrogens is 3. The van der Waals surface area contributed by atoms with Crippen LogP contribution in [-0.4, -0.2) is 211 Å². The molecule has 0 saturated carbocycles. The summed E-state index contributed by atoms with van der Waals surface area (Å²) in [6.07, 6.45) is 0. The first-order valence-corrected chi connectivity index (χ1v) is 30.8. The Hall–Kier alpha value is -7.26. The number of phenols is 3. The highest BCUT2D eigenvalue weighted by Gasteiger charge is 2.35. The van der Waals surface area contributed by atoms with Gasteiger partial charge < -0.3 is 81.6 Å². The van der Waals surface area contributed by atoms with E-state index in [-0.39, 0.29) is 146 Å². The van der Waals surface area contributed by atoms with E-state index in [2.05, 4.69) is 74.7 Å². The Bertz CT molecular complexity index is 2870. The third kappa shape index (κ3) is 22.9. The highest BCUT2D eigenvalue weighted by molar-refractivity contribution is 5.91. The van der Waals surface area contributed by atoms with Crippen LogP contribution >= 0.6 is 0 Å². The molecule has 0 aliphatic heterocycles. The van der Waals surface area contributed by atoms with Crippen LogP contribution in [0.1, 0.15) is 122 Å². The number of nitrogens with zero attached hydrogens (tertiary/aromatic N) is 8. The Labute approximate surface area is 572 Å². The van der Waals surface area contributed by atoms with E-state index in [0.29, 0.717) is 33.4 Å². The average molecular weight is 1370 g/mol. The lowest BCUT2D eigenvalue weighted by molar-refractivity contribution is -0.118. The molecule has 0 aliphatic carbocycles. The summed E-state index contributed by atoms with van der Waals surface area (Å²) in [4.78, 5) is 55.5. The van der Waals surface area contributed by atoms with E-state index in [1.54, 1.807) is 47.6 Å². The number of methoxy groups -OCH3 is 14. The Kier molecular flexibility index (Phi) is 35.7. The SMILES string of the molecule is COCN(COC)C(=O)N(COC)COC.COCN(COC)c1nc(N(COC)C(C)=O)nc(N(COC)C(C)=O)n1.COCc1cc(C(C)(C)c2cc(C(C)(C)c3cc(COC)c(O)c(COC)c3)cc(C(C)(C)c3cc(COC)c(O)c(COC)c3)c2)cc(COC)c1O. The molecule has 0 saturated heterocycles. The van der Waals surface area contributed by atoms with Crippen molar-refractivity contribution in [3.63, 3.8) is 0 Å². The molecule has 5 rings (SSSR count). The van der Waals surface area contributed by atoms with Crippen molar-refractivity contribution in [1.29, 1.82) is 0 Å². The van der Waals surface area contributed by atoms with E-state index in [1.807, 2.05) is 36.4 Å². The summed E-state index contributed by atoms with van der Waals surface area (Å²) in [6.45, 7) is 18.0. The van der Waals surface area contributed by atoms with Crippen LogP contribution in [0.2, 0.25) is 0 Å². The molecule has 1 aromatic heterocycles. The van der Waals surface area contributed by atoms with Crippen molar-refractivity contribution in [1.82, 2.24) is 24.8 Å². The number of anilines is 3. The predicted molar refractivity (Wildman–Crippen MR) is 364 cm³/mol. The summed E-state index contributed by atoms with van der Waals surface area (Å²) in [5.41, 5.74) is 8.67.